The van der Waals surface area contributed by atoms with Crippen molar-refractivity contribution in [3.8, 4) is 5.75 Å². The number of aryl methyl sites for hydroxylation is 1. The molecule has 0 aliphatic rings. The summed E-state index contributed by atoms with van der Waals surface area (Å²) in [5.74, 6) is 0.0625. The highest BCUT2D eigenvalue weighted by atomic mass is 16.5. The fraction of sp³-hybridized carbons (Fsp3) is 0.263. The number of ether oxygens (including phenoxy) is 1. The van der Waals surface area contributed by atoms with E-state index in [9.17, 15) is 9.90 Å². The third kappa shape index (κ3) is 3.72. The quantitative estimate of drug-likeness (QED) is 0.663. The summed E-state index contributed by atoms with van der Waals surface area (Å²) in [5, 5.41) is 17.8. The molecule has 0 radical (unpaired) electrons. The molecule has 0 spiro atoms. The first-order valence-corrected chi connectivity index (χ1v) is 8.31. The summed E-state index contributed by atoms with van der Waals surface area (Å²) in [4.78, 5) is 15.6. The second-order valence-electron chi connectivity index (χ2n) is 6.17. The average molecular weight is 352 g/mol. The SMILES string of the molecule is Cc1cccn2c(N=Nc3ccccc3OC(C)C)c(CC(=O)O)nc12. The molecule has 7 nitrogen and oxygen atoms in total. The average Bonchev–Trinajstić information content (AvgIpc) is 2.92. The van der Waals surface area contributed by atoms with Crippen molar-refractivity contribution in [2.75, 3.05) is 0 Å². The number of benzene rings is 1. The van der Waals surface area contributed by atoms with Gasteiger partial charge in [-0.25, -0.2) is 4.98 Å². The summed E-state index contributed by atoms with van der Waals surface area (Å²) < 4.78 is 7.50. The standard InChI is InChI=1S/C19H20N4O3/c1-12(2)26-16-9-5-4-8-14(16)21-22-19-15(11-17(24)25)20-18-13(3)7-6-10-23(18)19/h4-10,12H,11H2,1-3H3,(H,24,25). The fourth-order valence-electron chi connectivity index (χ4n) is 2.60. The molecule has 1 N–H and O–H groups in total. The van der Waals surface area contributed by atoms with Crippen LogP contribution in [0.2, 0.25) is 0 Å². The number of hydrogen-bond acceptors (Lipinski definition) is 5. The zero-order valence-electron chi connectivity index (χ0n) is 14.9. The molecule has 7 heteroatoms. The summed E-state index contributed by atoms with van der Waals surface area (Å²) in [7, 11) is 0. The number of fused-ring (bicyclic) bond motifs is 1. The summed E-state index contributed by atoms with van der Waals surface area (Å²) in [6, 6.07) is 11.1. The molecule has 0 saturated carbocycles. The van der Waals surface area contributed by atoms with Crippen LogP contribution in [0.25, 0.3) is 5.65 Å². The van der Waals surface area contributed by atoms with Gasteiger partial charge in [-0.3, -0.25) is 9.20 Å². The van der Waals surface area contributed by atoms with Crippen molar-refractivity contribution in [3.05, 3.63) is 53.9 Å². The number of carboxylic acid groups (broad SMARTS) is 1. The van der Waals surface area contributed by atoms with Crippen LogP contribution < -0.4 is 4.74 Å². The van der Waals surface area contributed by atoms with Gasteiger partial charge in [0.15, 0.2) is 5.82 Å². The van der Waals surface area contributed by atoms with Crippen LogP contribution in [0.1, 0.15) is 25.1 Å². The van der Waals surface area contributed by atoms with Crippen LogP contribution in [0.3, 0.4) is 0 Å². The molecule has 2 heterocycles. The monoisotopic (exact) mass is 352 g/mol. The van der Waals surface area contributed by atoms with E-state index in [2.05, 4.69) is 15.2 Å². The van der Waals surface area contributed by atoms with Crippen LogP contribution in [0.15, 0.2) is 52.8 Å². The summed E-state index contributed by atoms with van der Waals surface area (Å²) in [6.07, 6.45) is 1.58. The molecule has 0 aliphatic heterocycles. The Bertz CT molecular complexity index is 976. The van der Waals surface area contributed by atoms with Gasteiger partial charge in [-0.15, -0.1) is 10.2 Å². The molecular weight excluding hydrogens is 332 g/mol. The summed E-state index contributed by atoms with van der Waals surface area (Å²) in [6.45, 7) is 5.79. The second kappa shape index (κ2) is 7.35. The van der Waals surface area contributed by atoms with E-state index in [0.29, 0.717) is 28.6 Å². The smallest absolute Gasteiger partial charge is 0.309 e. The maximum atomic E-state index is 11.2. The van der Waals surface area contributed by atoms with Crippen LogP contribution in [-0.4, -0.2) is 26.6 Å². The maximum Gasteiger partial charge on any atom is 0.309 e. The van der Waals surface area contributed by atoms with Gasteiger partial charge in [-0.2, -0.15) is 0 Å². The molecule has 26 heavy (non-hydrogen) atoms. The third-order valence-electron chi connectivity index (χ3n) is 3.69. The molecule has 3 rings (SSSR count). The number of hydrogen-bond donors (Lipinski definition) is 1. The predicted molar refractivity (Wildman–Crippen MR) is 97.7 cm³/mol. The lowest BCUT2D eigenvalue weighted by atomic mass is 10.3. The first-order chi connectivity index (χ1) is 12.5. The Morgan fingerprint density at radius 3 is 2.73 bits per heavy atom. The molecule has 0 fully saturated rings. The lowest BCUT2D eigenvalue weighted by Gasteiger charge is -2.10. The molecule has 0 atom stereocenters. The van der Waals surface area contributed by atoms with Gasteiger partial charge in [0.1, 0.15) is 17.1 Å². The van der Waals surface area contributed by atoms with E-state index >= 15 is 0 Å². The van der Waals surface area contributed by atoms with Crippen LogP contribution in [-0.2, 0) is 11.2 Å². The van der Waals surface area contributed by atoms with E-state index in [1.54, 1.807) is 16.7 Å². The topological polar surface area (TPSA) is 88.5 Å². The minimum atomic E-state index is -0.967. The second-order valence-corrected chi connectivity index (χ2v) is 6.17. The van der Waals surface area contributed by atoms with Gasteiger partial charge in [0.2, 0.25) is 0 Å². The largest absolute Gasteiger partial charge is 0.489 e. The molecule has 1 aromatic carbocycles. The molecule has 0 aliphatic carbocycles. The minimum absolute atomic E-state index is 0.00682. The minimum Gasteiger partial charge on any atom is -0.489 e. The van der Waals surface area contributed by atoms with E-state index < -0.39 is 5.97 Å². The molecular formula is C19H20N4O3. The van der Waals surface area contributed by atoms with Gasteiger partial charge in [-0.1, -0.05) is 18.2 Å². The Labute approximate surface area is 151 Å². The number of carbonyl (C=O) groups is 1. The number of imidazole rings is 1. The predicted octanol–water partition coefficient (Wildman–Crippen LogP) is 4.47. The highest BCUT2D eigenvalue weighted by Gasteiger charge is 2.16. The van der Waals surface area contributed by atoms with Crippen molar-refractivity contribution in [3.63, 3.8) is 0 Å². The molecule has 134 valence electrons. The zero-order chi connectivity index (χ0) is 18.7. The first kappa shape index (κ1) is 17.6. The van der Waals surface area contributed by atoms with Crippen LogP contribution in [0.4, 0.5) is 11.5 Å². The van der Waals surface area contributed by atoms with Gasteiger partial charge in [-0.05, 0) is 44.5 Å². The highest BCUT2D eigenvalue weighted by molar-refractivity contribution is 5.72. The Morgan fingerprint density at radius 2 is 2.00 bits per heavy atom. The van der Waals surface area contributed by atoms with Crippen molar-refractivity contribution in [2.45, 2.75) is 33.3 Å². The van der Waals surface area contributed by atoms with Crippen molar-refractivity contribution in [1.29, 1.82) is 0 Å². The number of nitrogens with zero attached hydrogens (tertiary/aromatic N) is 4. The number of para-hydroxylation sites is 1. The van der Waals surface area contributed by atoms with Gasteiger partial charge in [0.05, 0.1) is 18.2 Å². The highest BCUT2D eigenvalue weighted by Crippen LogP contribution is 2.31. The van der Waals surface area contributed by atoms with E-state index in [-0.39, 0.29) is 12.5 Å². The van der Waals surface area contributed by atoms with Crippen molar-refractivity contribution >= 4 is 23.1 Å². The van der Waals surface area contributed by atoms with Crippen LogP contribution >= 0.6 is 0 Å². The zero-order valence-corrected chi connectivity index (χ0v) is 14.9. The van der Waals surface area contributed by atoms with E-state index in [1.165, 1.54) is 0 Å². The molecule has 0 unspecified atom stereocenters. The number of carboxylic acids is 1. The number of azo groups is 1. The Morgan fingerprint density at radius 1 is 1.23 bits per heavy atom. The normalized spacial score (nSPS) is 11.5. The van der Waals surface area contributed by atoms with E-state index in [0.717, 1.165) is 5.56 Å². The third-order valence-corrected chi connectivity index (χ3v) is 3.69. The van der Waals surface area contributed by atoms with Gasteiger partial charge in [0.25, 0.3) is 0 Å². The van der Waals surface area contributed by atoms with E-state index in [1.807, 2.05) is 51.1 Å². The van der Waals surface area contributed by atoms with Gasteiger partial charge >= 0.3 is 5.97 Å². The van der Waals surface area contributed by atoms with Crippen LogP contribution in [0.5, 0.6) is 5.75 Å². The summed E-state index contributed by atoms with van der Waals surface area (Å²) in [5.41, 5.74) is 2.55. The van der Waals surface area contributed by atoms with Gasteiger partial charge in [0, 0.05) is 6.20 Å². The van der Waals surface area contributed by atoms with Crippen LogP contribution in [0, 0.1) is 6.92 Å². The number of rotatable bonds is 6. The molecule has 0 amide bonds. The molecule has 0 bridgehead atoms. The molecule has 3 aromatic rings. The number of aliphatic carboxylic acids is 1. The molecule has 2 aromatic heterocycles. The Kier molecular flexibility index (Phi) is 4.97. The lowest BCUT2D eigenvalue weighted by molar-refractivity contribution is -0.136. The Balaban J connectivity index is 2.07. The van der Waals surface area contributed by atoms with E-state index in [4.69, 9.17) is 4.74 Å². The number of aromatic nitrogens is 2. The maximum absolute atomic E-state index is 11.2. The lowest BCUT2D eigenvalue weighted by Crippen LogP contribution is -2.05. The fourth-order valence-corrected chi connectivity index (χ4v) is 2.60. The molecule has 0 saturated heterocycles. The van der Waals surface area contributed by atoms with Crippen molar-refractivity contribution in [2.24, 2.45) is 10.2 Å². The number of pyridine rings is 1. The van der Waals surface area contributed by atoms with Crippen molar-refractivity contribution < 1.29 is 14.6 Å². The summed E-state index contributed by atoms with van der Waals surface area (Å²) >= 11 is 0. The van der Waals surface area contributed by atoms with Gasteiger partial charge < -0.3 is 9.84 Å². The van der Waals surface area contributed by atoms with Crippen molar-refractivity contribution in [1.82, 2.24) is 9.38 Å². The Hall–Kier alpha value is -3.22. The first-order valence-electron chi connectivity index (χ1n) is 8.31.